The topological polar surface area (TPSA) is 71.4 Å². The second kappa shape index (κ2) is 5.85. The van der Waals surface area contributed by atoms with Crippen molar-refractivity contribution in [2.24, 2.45) is 0 Å². The molecule has 20 heavy (non-hydrogen) atoms. The SMILES string of the molecule is O=C(O)c1cc(S(=O)(=O)Cc2ccc(Cl)s2)ccc1Br. The lowest BCUT2D eigenvalue weighted by molar-refractivity contribution is 0.0695. The number of aromatic carboxylic acids is 1. The van der Waals surface area contributed by atoms with Crippen molar-refractivity contribution < 1.29 is 18.3 Å². The van der Waals surface area contributed by atoms with Crippen molar-refractivity contribution in [3.05, 3.63) is 49.6 Å². The summed E-state index contributed by atoms with van der Waals surface area (Å²) in [5, 5.41) is 9.01. The molecule has 2 aromatic rings. The molecule has 1 N–H and O–H groups in total. The molecule has 0 unspecified atom stereocenters. The third-order valence-corrected chi connectivity index (χ3v) is 6.26. The summed E-state index contributed by atoms with van der Waals surface area (Å²) in [4.78, 5) is 11.6. The van der Waals surface area contributed by atoms with Crippen LogP contribution in [0.3, 0.4) is 0 Å². The molecule has 2 rings (SSSR count). The van der Waals surface area contributed by atoms with Gasteiger partial charge in [0.15, 0.2) is 9.84 Å². The van der Waals surface area contributed by atoms with Gasteiger partial charge in [-0.2, -0.15) is 0 Å². The molecule has 0 amide bonds. The summed E-state index contributed by atoms with van der Waals surface area (Å²) in [5.41, 5.74) is -0.0877. The van der Waals surface area contributed by atoms with Crippen LogP contribution < -0.4 is 0 Å². The normalized spacial score (nSPS) is 11.5. The fraction of sp³-hybridized carbons (Fsp3) is 0.0833. The minimum Gasteiger partial charge on any atom is -0.478 e. The van der Waals surface area contributed by atoms with Crippen molar-refractivity contribution in [1.82, 2.24) is 0 Å². The summed E-state index contributed by atoms with van der Waals surface area (Å²) in [6.07, 6.45) is 0. The first-order chi connectivity index (χ1) is 9.29. The summed E-state index contributed by atoms with van der Waals surface area (Å²) >= 11 is 10.0. The van der Waals surface area contributed by atoms with E-state index in [4.69, 9.17) is 16.7 Å². The van der Waals surface area contributed by atoms with Gasteiger partial charge >= 0.3 is 5.97 Å². The third kappa shape index (κ3) is 3.41. The van der Waals surface area contributed by atoms with Gasteiger partial charge in [0.05, 0.1) is 20.5 Å². The summed E-state index contributed by atoms with van der Waals surface area (Å²) in [5.74, 6) is -1.39. The Balaban J connectivity index is 2.39. The number of hydrogen-bond acceptors (Lipinski definition) is 4. The number of thiophene rings is 1. The Labute approximate surface area is 133 Å². The van der Waals surface area contributed by atoms with E-state index in [-0.39, 0.29) is 16.2 Å². The maximum atomic E-state index is 12.3. The minimum absolute atomic E-state index is 0.0253. The number of hydrogen-bond donors (Lipinski definition) is 1. The minimum atomic E-state index is -3.61. The van der Waals surface area contributed by atoms with Gasteiger partial charge in [-0.3, -0.25) is 0 Å². The zero-order valence-electron chi connectivity index (χ0n) is 9.84. The Kier molecular flexibility index (Phi) is 4.53. The largest absolute Gasteiger partial charge is 0.478 e. The van der Waals surface area contributed by atoms with Crippen LogP contribution in [0.25, 0.3) is 0 Å². The Morgan fingerprint density at radius 2 is 2.00 bits per heavy atom. The molecule has 8 heteroatoms. The van der Waals surface area contributed by atoms with Gasteiger partial charge in [0.1, 0.15) is 0 Å². The van der Waals surface area contributed by atoms with Crippen LogP contribution in [0.2, 0.25) is 4.34 Å². The van der Waals surface area contributed by atoms with Crippen molar-refractivity contribution in [3.8, 4) is 0 Å². The Hall–Kier alpha value is -0.890. The lowest BCUT2D eigenvalue weighted by atomic mass is 10.2. The highest BCUT2D eigenvalue weighted by molar-refractivity contribution is 9.10. The summed E-state index contributed by atoms with van der Waals surface area (Å²) in [6.45, 7) is 0. The van der Waals surface area contributed by atoms with Crippen LogP contribution in [0.15, 0.2) is 39.7 Å². The average Bonchev–Trinajstić information content (AvgIpc) is 2.73. The van der Waals surface area contributed by atoms with Crippen molar-refractivity contribution in [1.29, 1.82) is 0 Å². The first-order valence-electron chi connectivity index (χ1n) is 5.29. The molecule has 0 saturated heterocycles. The zero-order chi connectivity index (χ0) is 14.9. The van der Waals surface area contributed by atoms with E-state index in [1.54, 1.807) is 12.1 Å². The van der Waals surface area contributed by atoms with Crippen LogP contribution in [0.4, 0.5) is 0 Å². The van der Waals surface area contributed by atoms with Crippen molar-refractivity contribution in [2.75, 3.05) is 0 Å². The first-order valence-corrected chi connectivity index (χ1v) is 8.93. The van der Waals surface area contributed by atoms with Gasteiger partial charge in [0.2, 0.25) is 0 Å². The molecule has 0 atom stereocenters. The molecule has 4 nitrogen and oxygen atoms in total. The quantitative estimate of drug-likeness (QED) is 0.854. The van der Waals surface area contributed by atoms with E-state index in [1.807, 2.05) is 0 Å². The standard InChI is InChI=1S/C12H8BrClO4S2/c13-10-3-2-8(5-9(10)12(15)16)20(17,18)6-7-1-4-11(14)19-7/h1-5H,6H2,(H,15,16). The van der Waals surface area contributed by atoms with Crippen molar-refractivity contribution in [3.63, 3.8) is 0 Å². The van der Waals surface area contributed by atoms with Crippen LogP contribution in [-0.4, -0.2) is 19.5 Å². The molecule has 0 aliphatic carbocycles. The van der Waals surface area contributed by atoms with Crippen LogP contribution in [0.5, 0.6) is 0 Å². The maximum Gasteiger partial charge on any atom is 0.336 e. The van der Waals surface area contributed by atoms with Gasteiger partial charge in [-0.15, -0.1) is 11.3 Å². The van der Waals surface area contributed by atoms with E-state index >= 15 is 0 Å². The molecular weight excluding hydrogens is 388 g/mol. The number of carbonyl (C=O) groups is 1. The van der Waals surface area contributed by atoms with E-state index in [0.717, 1.165) is 6.07 Å². The van der Waals surface area contributed by atoms with Gasteiger partial charge in [0.25, 0.3) is 0 Å². The lowest BCUT2D eigenvalue weighted by Gasteiger charge is -2.05. The second-order valence-corrected chi connectivity index (χ2v) is 8.56. The van der Waals surface area contributed by atoms with Crippen LogP contribution in [-0.2, 0) is 15.6 Å². The van der Waals surface area contributed by atoms with Crippen molar-refractivity contribution in [2.45, 2.75) is 10.6 Å². The molecule has 0 bridgehead atoms. The Morgan fingerprint density at radius 1 is 1.30 bits per heavy atom. The predicted molar refractivity (Wildman–Crippen MR) is 81.3 cm³/mol. The third-order valence-electron chi connectivity index (χ3n) is 2.49. The molecule has 0 fully saturated rings. The summed E-state index contributed by atoms with van der Waals surface area (Å²) < 4.78 is 25.4. The number of carboxylic acid groups (broad SMARTS) is 1. The average molecular weight is 396 g/mol. The molecule has 106 valence electrons. The number of carboxylic acids is 1. The highest BCUT2D eigenvalue weighted by Gasteiger charge is 2.19. The van der Waals surface area contributed by atoms with Gasteiger partial charge in [-0.05, 0) is 46.3 Å². The fourth-order valence-corrected chi connectivity index (χ4v) is 4.77. The number of sulfone groups is 1. The van der Waals surface area contributed by atoms with Gasteiger partial charge < -0.3 is 5.11 Å². The smallest absolute Gasteiger partial charge is 0.336 e. The maximum absolute atomic E-state index is 12.3. The van der Waals surface area contributed by atoms with E-state index in [2.05, 4.69) is 15.9 Å². The van der Waals surface area contributed by atoms with Crippen LogP contribution >= 0.6 is 38.9 Å². The number of benzene rings is 1. The van der Waals surface area contributed by atoms with E-state index in [9.17, 15) is 13.2 Å². The van der Waals surface area contributed by atoms with E-state index < -0.39 is 15.8 Å². The molecule has 0 spiro atoms. The fourth-order valence-electron chi connectivity index (χ4n) is 1.56. The number of halogens is 2. The second-order valence-electron chi connectivity index (χ2n) is 3.91. The summed E-state index contributed by atoms with van der Waals surface area (Å²) in [6, 6.07) is 7.21. The van der Waals surface area contributed by atoms with Gasteiger partial charge in [0, 0.05) is 9.35 Å². The Morgan fingerprint density at radius 3 is 2.55 bits per heavy atom. The Bertz CT molecular complexity index is 768. The highest BCUT2D eigenvalue weighted by Crippen LogP contribution is 2.27. The molecule has 1 aromatic carbocycles. The molecular formula is C12H8BrClO4S2. The first kappa shape index (κ1) is 15.5. The van der Waals surface area contributed by atoms with E-state index in [0.29, 0.717) is 13.7 Å². The van der Waals surface area contributed by atoms with Crippen molar-refractivity contribution >= 4 is 54.7 Å². The van der Waals surface area contributed by atoms with Gasteiger partial charge in [-0.25, -0.2) is 13.2 Å². The summed E-state index contributed by atoms with van der Waals surface area (Å²) in [7, 11) is -3.61. The molecule has 0 saturated carbocycles. The highest BCUT2D eigenvalue weighted by atomic mass is 79.9. The molecule has 1 aromatic heterocycles. The zero-order valence-corrected chi connectivity index (χ0v) is 13.8. The molecule has 1 heterocycles. The van der Waals surface area contributed by atoms with Crippen LogP contribution in [0, 0.1) is 0 Å². The van der Waals surface area contributed by atoms with Gasteiger partial charge in [-0.1, -0.05) is 11.6 Å². The monoisotopic (exact) mass is 394 g/mol. The predicted octanol–water partition coefficient (Wildman–Crippen LogP) is 3.84. The molecule has 0 aliphatic heterocycles. The molecule has 0 aliphatic rings. The number of rotatable bonds is 4. The van der Waals surface area contributed by atoms with E-state index in [1.165, 1.54) is 23.5 Å². The van der Waals surface area contributed by atoms with Crippen LogP contribution in [0.1, 0.15) is 15.2 Å². The lowest BCUT2D eigenvalue weighted by Crippen LogP contribution is -2.06. The molecule has 0 radical (unpaired) electrons.